The number of benzene rings is 1. The van der Waals surface area contributed by atoms with Crippen molar-refractivity contribution in [3.05, 3.63) is 52.0 Å². The van der Waals surface area contributed by atoms with Gasteiger partial charge < -0.3 is 8.98 Å². The molecule has 7 nitrogen and oxygen atoms in total. The maximum atomic E-state index is 13.0. The Morgan fingerprint density at radius 3 is 2.63 bits per heavy atom. The van der Waals surface area contributed by atoms with Gasteiger partial charge >= 0.3 is 0 Å². The second kappa shape index (κ2) is 7.46. The molecule has 0 spiro atoms. The summed E-state index contributed by atoms with van der Waals surface area (Å²) in [5, 5.41) is 8.58. The molecule has 0 bridgehead atoms. The summed E-state index contributed by atoms with van der Waals surface area (Å²) in [4.78, 5) is 0.221. The summed E-state index contributed by atoms with van der Waals surface area (Å²) in [6.45, 7) is 5.55. The Balaban J connectivity index is 1.97. The third kappa shape index (κ3) is 3.78. The van der Waals surface area contributed by atoms with Crippen LogP contribution in [0.2, 0.25) is 5.02 Å². The first-order valence-corrected chi connectivity index (χ1v) is 10.3. The zero-order valence-corrected chi connectivity index (χ0v) is 17.1. The molecule has 3 aromatic rings. The number of sulfonamides is 1. The molecule has 0 saturated carbocycles. The van der Waals surface area contributed by atoms with Crippen LogP contribution in [-0.2, 0) is 30.0 Å². The summed E-state index contributed by atoms with van der Waals surface area (Å²) in [6, 6.07) is 7.07. The predicted molar refractivity (Wildman–Crippen MR) is 103 cm³/mol. The van der Waals surface area contributed by atoms with Crippen molar-refractivity contribution < 1.29 is 12.8 Å². The van der Waals surface area contributed by atoms with E-state index in [-0.39, 0.29) is 11.4 Å². The number of hydrogen-bond donors (Lipinski definition) is 1. The Morgan fingerprint density at radius 2 is 2.00 bits per heavy atom. The summed E-state index contributed by atoms with van der Waals surface area (Å²) in [5.41, 5.74) is 2.54. The van der Waals surface area contributed by atoms with Crippen molar-refractivity contribution in [2.24, 2.45) is 7.05 Å². The lowest BCUT2D eigenvalue weighted by Crippen LogP contribution is -2.24. The minimum Gasteiger partial charge on any atom is -0.419 e. The molecule has 27 heavy (non-hydrogen) atoms. The Hall–Kier alpha value is -2.16. The predicted octanol–water partition coefficient (Wildman–Crippen LogP) is 3.39. The Labute approximate surface area is 163 Å². The molecule has 0 aliphatic heterocycles. The van der Waals surface area contributed by atoms with Gasteiger partial charge in [-0.05, 0) is 31.5 Å². The molecule has 0 aliphatic carbocycles. The zero-order chi connectivity index (χ0) is 19.8. The molecule has 0 atom stereocenters. The van der Waals surface area contributed by atoms with Crippen molar-refractivity contribution in [1.82, 2.24) is 19.5 Å². The molecule has 0 radical (unpaired) electrons. The molecule has 1 aromatic carbocycles. The van der Waals surface area contributed by atoms with Gasteiger partial charge in [-0.2, -0.15) is 0 Å². The second-order valence-corrected chi connectivity index (χ2v) is 8.40. The van der Waals surface area contributed by atoms with Crippen LogP contribution in [-0.4, -0.2) is 23.2 Å². The van der Waals surface area contributed by atoms with E-state index in [1.165, 1.54) is 0 Å². The molecule has 2 heterocycles. The topological polar surface area (TPSA) is 90.0 Å². The molecular formula is C18H21ClN4O3S. The molecule has 0 fully saturated rings. The van der Waals surface area contributed by atoms with Gasteiger partial charge in [0.1, 0.15) is 10.6 Å². The van der Waals surface area contributed by atoms with E-state index in [4.69, 9.17) is 16.0 Å². The summed E-state index contributed by atoms with van der Waals surface area (Å²) >= 11 is 5.96. The number of nitrogens with zero attached hydrogens (tertiary/aromatic N) is 3. The van der Waals surface area contributed by atoms with Crippen molar-refractivity contribution in [3.8, 4) is 11.6 Å². The Morgan fingerprint density at radius 1 is 1.26 bits per heavy atom. The molecule has 3 rings (SSSR count). The van der Waals surface area contributed by atoms with Crippen LogP contribution in [0.4, 0.5) is 0 Å². The second-order valence-electron chi connectivity index (χ2n) is 6.26. The first kappa shape index (κ1) is 19.6. The molecule has 0 unspecified atom stereocenters. The van der Waals surface area contributed by atoms with Gasteiger partial charge in [-0.1, -0.05) is 30.7 Å². The Bertz CT molecular complexity index is 1090. The number of rotatable bonds is 6. The lowest BCUT2D eigenvalue weighted by molar-refractivity contribution is 0.508. The van der Waals surface area contributed by atoms with Crippen LogP contribution >= 0.6 is 11.6 Å². The standard InChI is InChI=1S/C18H21ClN4O3S/c1-5-15-21-22-18(26-15)16-11(2)17(12(3)23(16)4)27(24,25)20-10-13-7-6-8-14(19)9-13/h6-9,20H,5,10H2,1-4H3. The van der Waals surface area contributed by atoms with Crippen LogP contribution in [0.15, 0.2) is 33.6 Å². The van der Waals surface area contributed by atoms with Crippen molar-refractivity contribution in [1.29, 1.82) is 0 Å². The third-order valence-corrected chi connectivity index (χ3v) is 6.36. The molecule has 1 N–H and O–H groups in total. The van der Waals surface area contributed by atoms with Crippen LogP contribution in [0.1, 0.15) is 29.6 Å². The summed E-state index contributed by atoms with van der Waals surface area (Å²) in [5.74, 6) is 0.818. The highest BCUT2D eigenvalue weighted by atomic mass is 35.5. The summed E-state index contributed by atoms with van der Waals surface area (Å²) in [7, 11) is -1.96. The quantitative estimate of drug-likeness (QED) is 0.675. The highest BCUT2D eigenvalue weighted by Gasteiger charge is 2.28. The van der Waals surface area contributed by atoms with E-state index in [1.54, 1.807) is 43.7 Å². The van der Waals surface area contributed by atoms with E-state index in [0.29, 0.717) is 40.2 Å². The van der Waals surface area contributed by atoms with Crippen LogP contribution < -0.4 is 4.72 Å². The highest BCUT2D eigenvalue weighted by Crippen LogP contribution is 2.32. The highest BCUT2D eigenvalue weighted by molar-refractivity contribution is 7.89. The van der Waals surface area contributed by atoms with Gasteiger partial charge in [0, 0.05) is 36.3 Å². The van der Waals surface area contributed by atoms with Crippen molar-refractivity contribution in [3.63, 3.8) is 0 Å². The number of nitrogens with one attached hydrogen (secondary N) is 1. The summed E-state index contributed by atoms with van der Waals surface area (Å²) in [6.07, 6.45) is 0.613. The fraction of sp³-hybridized carbons (Fsp3) is 0.333. The first-order valence-electron chi connectivity index (χ1n) is 8.47. The lowest BCUT2D eigenvalue weighted by atomic mass is 10.2. The minimum atomic E-state index is -3.74. The average molecular weight is 409 g/mol. The minimum absolute atomic E-state index is 0.145. The van der Waals surface area contributed by atoms with Gasteiger partial charge in [0.15, 0.2) is 0 Å². The zero-order valence-electron chi connectivity index (χ0n) is 15.6. The van der Waals surface area contributed by atoms with Crippen LogP contribution in [0.3, 0.4) is 0 Å². The molecule has 0 saturated heterocycles. The van der Waals surface area contributed by atoms with Crippen molar-refractivity contribution >= 4 is 21.6 Å². The number of hydrogen-bond acceptors (Lipinski definition) is 5. The monoisotopic (exact) mass is 408 g/mol. The first-order chi connectivity index (χ1) is 12.7. The maximum Gasteiger partial charge on any atom is 0.264 e. The van der Waals surface area contributed by atoms with Crippen LogP contribution in [0.5, 0.6) is 0 Å². The molecule has 0 amide bonds. The van der Waals surface area contributed by atoms with E-state index in [2.05, 4.69) is 14.9 Å². The van der Waals surface area contributed by atoms with E-state index in [1.807, 2.05) is 13.0 Å². The van der Waals surface area contributed by atoms with Crippen molar-refractivity contribution in [2.45, 2.75) is 38.6 Å². The number of aromatic nitrogens is 3. The maximum absolute atomic E-state index is 13.0. The largest absolute Gasteiger partial charge is 0.419 e. The van der Waals surface area contributed by atoms with E-state index in [9.17, 15) is 8.42 Å². The van der Waals surface area contributed by atoms with Gasteiger partial charge in [0.2, 0.25) is 15.9 Å². The third-order valence-electron chi connectivity index (χ3n) is 4.46. The van der Waals surface area contributed by atoms with Crippen molar-refractivity contribution in [2.75, 3.05) is 0 Å². The smallest absolute Gasteiger partial charge is 0.264 e. The number of halogens is 1. The molecule has 9 heteroatoms. The van der Waals surface area contributed by atoms with Crippen LogP contribution in [0.25, 0.3) is 11.6 Å². The average Bonchev–Trinajstić information content (AvgIpc) is 3.16. The van der Waals surface area contributed by atoms with E-state index < -0.39 is 10.0 Å². The van der Waals surface area contributed by atoms with Gasteiger partial charge in [-0.3, -0.25) is 0 Å². The van der Waals surface area contributed by atoms with Gasteiger partial charge in [0.05, 0.1) is 0 Å². The number of aryl methyl sites for hydroxylation is 1. The van der Waals surface area contributed by atoms with Crippen LogP contribution in [0, 0.1) is 13.8 Å². The molecule has 0 aliphatic rings. The fourth-order valence-electron chi connectivity index (χ4n) is 3.04. The SMILES string of the molecule is CCc1nnc(-c2c(C)c(S(=O)(=O)NCc3cccc(Cl)c3)c(C)n2C)o1. The summed E-state index contributed by atoms with van der Waals surface area (Å²) < 4.78 is 36.0. The van der Waals surface area contributed by atoms with E-state index >= 15 is 0 Å². The lowest BCUT2D eigenvalue weighted by Gasteiger charge is -2.08. The molecule has 2 aromatic heterocycles. The van der Waals surface area contributed by atoms with E-state index in [0.717, 1.165) is 5.56 Å². The normalized spacial score (nSPS) is 11.9. The van der Waals surface area contributed by atoms with Gasteiger partial charge in [-0.15, -0.1) is 10.2 Å². The molecular weight excluding hydrogens is 388 g/mol. The molecule has 144 valence electrons. The van der Waals surface area contributed by atoms with Gasteiger partial charge in [0.25, 0.3) is 5.89 Å². The Kier molecular flexibility index (Phi) is 5.41. The van der Waals surface area contributed by atoms with Gasteiger partial charge in [-0.25, -0.2) is 13.1 Å². The fourth-order valence-corrected chi connectivity index (χ4v) is 4.78.